The van der Waals surface area contributed by atoms with Crippen molar-refractivity contribution in [1.29, 1.82) is 5.41 Å². The molecule has 118 valence electrons. The zero-order valence-electron chi connectivity index (χ0n) is 13.3. The van der Waals surface area contributed by atoms with Crippen molar-refractivity contribution < 1.29 is 9.53 Å². The summed E-state index contributed by atoms with van der Waals surface area (Å²) < 4.78 is 5.55. The third-order valence-electron chi connectivity index (χ3n) is 3.68. The molecule has 3 nitrogen and oxygen atoms in total. The minimum atomic E-state index is -0.429. The predicted molar refractivity (Wildman–Crippen MR) is 95.0 cm³/mol. The third-order valence-corrected chi connectivity index (χ3v) is 3.68. The van der Waals surface area contributed by atoms with Crippen LogP contribution in [0.4, 0.5) is 0 Å². The van der Waals surface area contributed by atoms with Crippen LogP contribution in [0.15, 0.2) is 78.9 Å². The van der Waals surface area contributed by atoms with Crippen LogP contribution in [0.5, 0.6) is 5.75 Å². The summed E-state index contributed by atoms with van der Waals surface area (Å²) in [5.41, 5.74) is 3.20. The average Bonchev–Trinajstić information content (AvgIpc) is 2.64. The summed E-state index contributed by atoms with van der Waals surface area (Å²) >= 11 is 0. The van der Waals surface area contributed by atoms with Crippen molar-refractivity contribution >= 4 is 11.7 Å². The smallest absolute Gasteiger partial charge is 0.343 e. The van der Waals surface area contributed by atoms with Crippen LogP contribution in [0, 0.1) is 12.3 Å². The van der Waals surface area contributed by atoms with Crippen LogP contribution in [0.25, 0.3) is 0 Å². The van der Waals surface area contributed by atoms with Gasteiger partial charge >= 0.3 is 5.97 Å². The third kappa shape index (κ3) is 3.41. The molecule has 3 aromatic carbocycles. The van der Waals surface area contributed by atoms with Gasteiger partial charge in [0.25, 0.3) is 0 Å². The highest BCUT2D eigenvalue weighted by atomic mass is 16.5. The van der Waals surface area contributed by atoms with Crippen LogP contribution in [-0.2, 0) is 0 Å². The second-order valence-electron chi connectivity index (χ2n) is 5.50. The molecule has 0 saturated heterocycles. The van der Waals surface area contributed by atoms with E-state index in [-0.39, 0.29) is 0 Å². The van der Waals surface area contributed by atoms with Crippen molar-refractivity contribution in [3.63, 3.8) is 0 Å². The van der Waals surface area contributed by atoms with E-state index in [1.807, 2.05) is 55.5 Å². The molecule has 0 unspecified atom stereocenters. The number of rotatable bonds is 4. The van der Waals surface area contributed by atoms with Gasteiger partial charge in [-0.15, -0.1) is 0 Å². The van der Waals surface area contributed by atoms with Gasteiger partial charge < -0.3 is 4.74 Å². The summed E-state index contributed by atoms with van der Waals surface area (Å²) in [6.07, 6.45) is 0. The second-order valence-corrected chi connectivity index (χ2v) is 5.50. The highest BCUT2D eigenvalue weighted by Gasteiger charge is 2.15. The minimum Gasteiger partial charge on any atom is -0.422 e. The first kappa shape index (κ1) is 15.7. The summed E-state index contributed by atoms with van der Waals surface area (Å²) in [7, 11) is 0. The van der Waals surface area contributed by atoms with Gasteiger partial charge in [0.1, 0.15) is 5.75 Å². The molecule has 0 fully saturated rings. The number of benzene rings is 3. The molecule has 3 heteroatoms. The first-order valence-electron chi connectivity index (χ1n) is 7.67. The maximum atomic E-state index is 12.3. The summed E-state index contributed by atoms with van der Waals surface area (Å²) in [5.74, 6) is -0.0372. The predicted octanol–water partition coefficient (Wildman–Crippen LogP) is 4.63. The maximum absolute atomic E-state index is 12.3. The largest absolute Gasteiger partial charge is 0.422 e. The van der Waals surface area contributed by atoms with E-state index in [1.54, 1.807) is 30.3 Å². The highest BCUT2D eigenvalue weighted by Crippen LogP contribution is 2.24. The molecule has 0 atom stereocenters. The summed E-state index contributed by atoms with van der Waals surface area (Å²) in [6, 6.07) is 23.7. The van der Waals surface area contributed by atoms with Gasteiger partial charge in [-0.05, 0) is 31.2 Å². The fraction of sp³-hybridized carbons (Fsp3) is 0.0476. The molecule has 0 aliphatic carbocycles. The number of aryl methyl sites for hydroxylation is 1. The molecule has 0 heterocycles. The van der Waals surface area contributed by atoms with Gasteiger partial charge in [-0.3, -0.25) is 5.41 Å². The van der Waals surface area contributed by atoms with Gasteiger partial charge in [0, 0.05) is 11.1 Å². The Bertz CT molecular complexity index is 871. The molecule has 1 N–H and O–H groups in total. The topological polar surface area (TPSA) is 50.2 Å². The van der Waals surface area contributed by atoms with E-state index in [1.165, 1.54) is 0 Å². The summed E-state index contributed by atoms with van der Waals surface area (Å²) in [4.78, 5) is 12.3. The molecule has 3 rings (SSSR count). The van der Waals surface area contributed by atoms with Crippen LogP contribution in [0.1, 0.15) is 27.0 Å². The van der Waals surface area contributed by atoms with Crippen LogP contribution in [-0.4, -0.2) is 11.7 Å². The zero-order valence-corrected chi connectivity index (χ0v) is 13.3. The van der Waals surface area contributed by atoms with Gasteiger partial charge in [0.05, 0.1) is 11.3 Å². The minimum absolute atomic E-state index is 0.329. The van der Waals surface area contributed by atoms with Crippen LogP contribution in [0.2, 0.25) is 0 Å². The first-order valence-corrected chi connectivity index (χ1v) is 7.67. The van der Waals surface area contributed by atoms with E-state index >= 15 is 0 Å². The van der Waals surface area contributed by atoms with E-state index < -0.39 is 5.97 Å². The maximum Gasteiger partial charge on any atom is 0.343 e. The average molecular weight is 315 g/mol. The lowest BCUT2D eigenvalue weighted by Gasteiger charge is -2.12. The van der Waals surface area contributed by atoms with Crippen molar-refractivity contribution in [3.8, 4) is 5.75 Å². The Hall–Kier alpha value is -3.20. The Kier molecular flexibility index (Phi) is 4.52. The number of hydrogen-bond donors (Lipinski definition) is 1. The van der Waals surface area contributed by atoms with Crippen molar-refractivity contribution in [2.45, 2.75) is 6.92 Å². The lowest BCUT2D eigenvalue weighted by Crippen LogP contribution is -2.12. The molecular formula is C21H17NO2. The second kappa shape index (κ2) is 6.92. The molecule has 0 saturated carbocycles. The Morgan fingerprint density at radius 1 is 0.833 bits per heavy atom. The number of nitrogens with one attached hydrogen (secondary N) is 1. The molecule has 0 aliphatic rings. The molecule has 0 aromatic heterocycles. The van der Waals surface area contributed by atoms with Crippen LogP contribution >= 0.6 is 0 Å². The van der Waals surface area contributed by atoms with Gasteiger partial charge in [-0.2, -0.15) is 0 Å². The Morgan fingerprint density at radius 3 is 2.04 bits per heavy atom. The molecule has 0 amide bonds. The number of carbonyl (C=O) groups excluding carboxylic acids is 1. The number of hydrogen-bond acceptors (Lipinski definition) is 3. The fourth-order valence-corrected chi connectivity index (χ4v) is 2.42. The van der Waals surface area contributed by atoms with Crippen LogP contribution < -0.4 is 4.74 Å². The number of ether oxygens (including phenoxy) is 1. The number of esters is 1. The SMILES string of the molecule is Cc1ccc(OC(=O)c2ccccc2)c(C(=N)c2ccccc2)c1. The summed E-state index contributed by atoms with van der Waals surface area (Å²) in [5, 5.41) is 8.47. The van der Waals surface area contributed by atoms with Crippen molar-refractivity contribution in [3.05, 3.63) is 101 Å². The zero-order chi connectivity index (χ0) is 16.9. The Labute approximate surface area is 141 Å². The van der Waals surface area contributed by atoms with Crippen molar-refractivity contribution in [2.24, 2.45) is 0 Å². The quantitative estimate of drug-likeness (QED) is 0.433. The van der Waals surface area contributed by atoms with Gasteiger partial charge in [0.15, 0.2) is 0 Å². The molecule has 0 aliphatic heterocycles. The Morgan fingerprint density at radius 2 is 1.42 bits per heavy atom. The van der Waals surface area contributed by atoms with Crippen molar-refractivity contribution in [2.75, 3.05) is 0 Å². The lowest BCUT2D eigenvalue weighted by atomic mass is 10.00. The normalized spacial score (nSPS) is 10.2. The van der Waals surface area contributed by atoms with Crippen molar-refractivity contribution in [1.82, 2.24) is 0 Å². The molecule has 0 spiro atoms. The fourth-order valence-electron chi connectivity index (χ4n) is 2.42. The summed E-state index contributed by atoms with van der Waals surface area (Å²) in [6.45, 7) is 1.95. The molecule has 0 radical (unpaired) electrons. The van der Waals surface area contributed by atoms with Gasteiger partial charge in [-0.1, -0.05) is 60.2 Å². The molecule has 0 bridgehead atoms. The highest BCUT2D eigenvalue weighted by molar-refractivity contribution is 6.13. The van der Waals surface area contributed by atoms with E-state index in [0.29, 0.717) is 22.6 Å². The Balaban J connectivity index is 1.94. The van der Waals surface area contributed by atoms with E-state index in [9.17, 15) is 4.79 Å². The standard InChI is InChI=1S/C21H17NO2/c1-15-12-13-19(24-21(23)17-10-6-3-7-11-17)18(14-15)20(22)16-8-4-2-5-9-16/h2-14,22H,1H3. The monoisotopic (exact) mass is 315 g/mol. The molecule has 3 aromatic rings. The van der Waals surface area contributed by atoms with Crippen LogP contribution in [0.3, 0.4) is 0 Å². The molecular weight excluding hydrogens is 298 g/mol. The first-order chi connectivity index (χ1) is 11.6. The van der Waals surface area contributed by atoms with E-state index in [2.05, 4.69) is 0 Å². The number of carbonyl (C=O) groups is 1. The lowest BCUT2D eigenvalue weighted by molar-refractivity contribution is 0.0734. The van der Waals surface area contributed by atoms with E-state index in [4.69, 9.17) is 10.1 Å². The van der Waals surface area contributed by atoms with E-state index in [0.717, 1.165) is 11.1 Å². The van der Waals surface area contributed by atoms with Gasteiger partial charge in [-0.25, -0.2) is 4.79 Å². The molecule has 24 heavy (non-hydrogen) atoms. The van der Waals surface area contributed by atoms with Gasteiger partial charge in [0.2, 0.25) is 0 Å².